The highest BCUT2D eigenvalue weighted by Gasteiger charge is 2.53. The van der Waals surface area contributed by atoms with Crippen molar-refractivity contribution >= 4 is 11.8 Å². The number of ether oxygens (including phenoxy) is 1. The molecule has 1 unspecified atom stereocenters. The van der Waals surface area contributed by atoms with E-state index in [1.165, 1.54) is 19.6 Å². The molecule has 1 aliphatic carbocycles. The molecule has 2 aromatic carbocycles. The Balaban J connectivity index is 1.00. The molecule has 276 valence electrons. The number of nitrogens with one attached hydrogen (secondary N) is 1. The van der Waals surface area contributed by atoms with Crippen molar-refractivity contribution in [1.29, 1.82) is 5.26 Å². The zero-order valence-electron chi connectivity index (χ0n) is 30.0. The van der Waals surface area contributed by atoms with Crippen LogP contribution in [0.4, 0.5) is 23.7 Å². The Morgan fingerprint density at radius 3 is 2.39 bits per heavy atom. The van der Waals surface area contributed by atoms with Crippen LogP contribution in [-0.2, 0) is 16.7 Å². The van der Waals surface area contributed by atoms with Gasteiger partial charge in [-0.25, -0.2) is 18.0 Å². The first kappa shape index (κ1) is 36.0. The topological polar surface area (TPSA) is 75.1 Å². The van der Waals surface area contributed by atoms with E-state index in [0.29, 0.717) is 37.0 Å². The Hall–Kier alpha value is -3.33. The number of halogens is 3. The van der Waals surface area contributed by atoms with Crippen molar-refractivity contribution in [2.75, 3.05) is 77.5 Å². The maximum absolute atomic E-state index is 15.0. The maximum Gasteiger partial charge on any atom is 0.407 e. The molecule has 8 nitrogen and oxygen atoms in total. The quantitative estimate of drug-likeness (QED) is 0.297. The minimum atomic E-state index is -2.58. The van der Waals surface area contributed by atoms with Crippen LogP contribution < -0.4 is 10.2 Å². The van der Waals surface area contributed by atoms with Crippen molar-refractivity contribution in [1.82, 2.24) is 20.0 Å². The number of piperidine rings is 2. The number of amides is 1. The normalized spacial score (nSPS) is 26.1. The Bertz CT molecular complexity index is 1560. The van der Waals surface area contributed by atoms with Gasteiger partial charge in [-0.3, -0.25) is 4.90 Å². The third-order valence-electron chi connectivity index (χ3n) is 12.8. The van der Waals surface area contributed by atoms with Gasteiger partial charge in [0.05, 0.1) is 18.7 Å². The Labute approximate surface area is 300 Å². The Morgan fingerprint density at radius 1 is 0.961 bits per heavy atom. The second-order valence-electron chi connectivity index (χ2n) is 15.9. The molecule has 0 aromatic heterocycles. The molecule has 0 radical (unpaired) electrons. The molecule has 0 bridgehead atoms. The van der Waals surface area contributed by atoms with Crippen molar-refractivity contribution < 1.29 is 22.7 Å². The van der Waals surface area contributed by atoms with Crippen LogP contribution in [-0.4, -0.2) is 105 Å². The van der Waals surface area contributed by atoms with Crippen molar-refractivity contribution in [3.63, 3.8) is 0 Å². The van der Waals surface area contributed by atoms with Gasteiger partial charge in [0.25, 0.3) is 5.92 Å². The first-order valence-corrected chi connectivity index (χ1v) is 19.1. The van der Waals surface area contributed by atoms with Crippen molar-refractivity contribution in [3.8, 4) is 6.07 Å². The van der Waals surface area contributed by atoms with Gasteiger partial charge in [0.2, 0.25) is 0 Å². The van der Waals surface area contributed by atoms with Crippen LogP contribution in [0.2, 0.25) is 0 Å². The number of hydrogen-bond acceptors (Lipinski definition) is 7. The van der Waals surface area contributed by atoms with Crippen molar-refractivity contribution in [2.45, 2.75) is 75.3 Å². The molecule has 5 aliphatic rings. The second kappa shape index (κ2) is 15.3. The van der Waals surface area contributed by atoms with Crippen LogP contribution in [0.3, 0.4) is 0 Å². The van der Waals surface area contributed by atoms with Gasteiger partial charge in [0.1, 0.15) is 5.82 Å². The van der Waals surface area contributed by atoms with Gasteiger partial charge < -0.3 is 24.8 Å². The van der Waals surface area contributed by atoms with Gasteiger partial charge in [-0.05, 0) is 112 Å². The van der Waals surface area contributed by atoms with E-state index in [0.717, 1.165) is 101 Å². The fraction of sp³-hybridized carbons (Fsp3) is 0.650. The molecule has 4 aliphatic heterocycles. The summed E-state index contributed by atoms with van der Waals surface area (Å²) in [5.74, 6) is -1.68. The summed E-state index contributed by atoms with van der Waals surface area (Å²) in [4.78, 5) is 22.0. The second-order valence-corrected chi connectivity index (χ2v) is 15.9. The number of benzene rings is 2. The van der Waals surface area contributed by atoms with Crippen molar-refractivity contribution in [2.24, 2.45) is 17.8 Å². The zero-order valence-corrected chi connectivity index (χ0v) is 30.0. The largest absolute Gasteiger partial charge is 0.453 e. The predicted molar refractivity (Wildman–Crippen MR) is 191 cm³/mol. The first-order valence-electron chi connectivity index (χ1n) is 19.1. The Morgan fingerprint density at radius 2 is 1.73 bits per heavy atom. The van der Waals surface area contributed by atoms with Crippen molar-refractivity contribution in [3.05, 3.63) is 65.0 Å². The van der Waals surface area contributed by atoms with E-state index in [9.17, 15) is 23.2 Å². The van der Waals surface area contributed by atoms with E-state index in [1.807, 2.05) is 23.1 Å². The zero-order chi connectivity index (χ0) is 35.6. The molecule has 1 saturated carbocycles. The minimum absolute atomic E-state index is 0.00618. The number of carbonyl (C=O) groups excluding carboxylic acids is 1. The summed E-state index contributed by atoms with van der Waals surface area (Å²) in [6.45, 7) is 9.15. The number of alkyl halides is 2. The number of carbonyl (C=O) groups is 1. The number of likely N-dealkylation sites (tertiary alicyclic amines) is 3. The monoisotopic (exact) mass is 706 g/mol. The molecule has 7 rings (SSSR count). The number of anilines is 1. The van der Waals surface area contributed by atoms with Crippen LogP contribution >= 0.6 is 0 Å². The number of hydrogen-bond donors (Lipinski definition) is 1. The van der Waals surface area contributed by atoms with Gasteiger partial charge in [0, 0.05) is 81.7 Å². The number of alkyl carbamates (subject to hydrolysis) is 1. The van der Waals surface area contributed by atoms with Gasteiger partial charge in [-0.15, -0.1) is 0 Å². The van der Waals surface area contributed by atoms with E-state index in [2.05, 4.69) is 38.2 Å². The summed E-state index contributed by atoms with van der Waals surface area (Å²) in [6, 6.07) is 15.6. The smallest absolute Gasteiger partial charge is 0.407 e. The molecule has 5 fully saturated rings. The molecule has 3 atom stereocenters. The summed E-state index contributed by atoms with van der Waals surface area (Å²) in [5.41, 5.74) is 3.43. The lowest BCUT2D eigenvalue weighted by Crippen LogP contribution is -2.60. The van der Waals surface area contributed by atoms with Gasteiger partial charge in [0.15, 0.2) is 0 Å². The average Bonchev–Trinajstić information content (AvgIpc) is 3.55. The fourth-order valence-electron chi connectivity index (χ4n) is 9.93. The van der Waals surface area contributed by atoms with E-state index in [-0.39, 0.29) is 42.1 Å². The maximum atomic E-state index is 15.0. The van der Waals surface area contributed by atoms with E-state index in [4.69, 9.17) is 4.74 Å². The standard InChI is InChI=1S/C40H53F3N6O2/c1-51-38(50)45-37-8-3-7-36(37)40(28-48-15-4-16-48,33-5-2-6-34(41)22-33)32-11-17-46(18-12-32)24-29-25-49(26-29)35-10-9-30(23-44)31(21-35)27-47-19-13-39(42,43)14-20-47/h2,5-6,9-10,21-22,29,32,36-37H,3-4,7-8,11-20,24-28H2,1H3,(H,45,50)/t36-,37-,40?/m0/s1. The molecule has 51 heavy (non-hydrogen) atoms. The summed E-state index contributed by atoms with van der Waals surface area (Å²) in [5, 5.41) is 12.9. The lowest BCUT2D eigenvalue weighted by Gasteiger charge is -2.54. The predicted octanol–water partition coefficient (Wildman–Crippen LogP) is 6.25. The molecule has 4 saturated heterocycles. The average molecular weight is 707 g/mol. The lowest BCUT2D eigenvalue weighted by atomic mass is 9.57. The SMILES string of the molecule is COC(=O)N[C@H]1CCC[C@@H]1C(CN1CCC1)(c1cccc(F)c1)C1CCN(CC2CN(c3ccc(C#N)c(CN4CCC(F)(F)CC4)c3)C2)CC1. The third-order valence-corrected chi connectivity index (χ3v) is 12.8. The first-order chi connectivity index (χ1) is 24.7. The Kier molecular flexibility index (Phi) is 10.8. The highest BCUT2D eigenvalue weighted by Crippen LogP contribution is 2.51. The molecule has 2 aromatic rings. The number of nitrogens with zero attached hydrogens (tertiary/aromatic N) is 5. The van der Waals surface area contributed by atoms with E-state index < -0.39 is 5.92 Å². The van der Waals surface area contributed by atoms with E-state index in [1.54, 1.807) is 6.07 Å². The van der Waals surface area contributed by atoms with Gasteiger partial charge >= 0.3 is 6.09 Å². The fourth-order valence-corrected chi connectivity index (χ4v) is 9.93. The lowest BCUT2D eigenvalue weighted by molar-refractivity contribution is -0.0566. The summed E-state index contributed by atoms with van der Waals surface area (Å²) in [6.07, 6.45) is 5.55. The van der Waals surface area contributed by atoms with Crippen LogP contribution in [0.15, 0.2) is 42.5 Å². The highest BCUT2D eigenvalue weighted by molar-refractivity contribution is 5.67. The van der Waals surface area contributed by atoms with Crippen LogP contribution in [0.5, 0.6) is 0 Å². The molecule has 0 spiro atoms. The highest BCUT2D eigenvalue weighted by atomic mass is 19.3. The summed E-state index contributed by atoms with van der Waals surface area (Å²) < 4.78 is 47.5. The minimum Gasteiger partial charge on any atom is -0.453 e. The number of nitriles is 1. The van der Waals surface area contributed by atoms with Crippen LogP contribution in [0.1, 0.15) is 68.1 Å². The van der Waals surface area contributed by atoms with Gasteiger partial charge in [-0.1, -0.05) is 18.6 Å². The molecular weight excluding hydrogens is 653 g/mol. The van der Waals surface area contributed by atoms with Gasteiger partial charge in [-0.2, -0.15) is 5.26 Å². The molecule has 1 N–H and O–H groups in total. The number of methoxy groups -OCH3 is 1. The molecular formula is C40H53F3N6O2. The van der Waals surface area contributed by atoms with Crippen LogP contribution in [0.25, 0.3) is 0 Å². The van der Waals surface area contributed by atoms with E-state index >= 15 is 0 Å². The number of rotatable bonds is 11. The molecule has 11 heteroatoms. The molecule has 1 amide bonds. The third kappa shape index (κ3) is 7.89. The molecule has 4 heterocycles. The summed E-state index contributed by atoms with van der Waals surface area (Å²) in [7, 11) is 1.42. The summed E-state index contributed by atoms with van der Waals surface area (Å²) >= 11 is 0. The van der Waals surface area contributed by atoms with Crippen LogP contribution in [0, 0.1) is 34.9 Å².